The standard InChI is InChI=1S/C18H13F3N4O3/c19-18(20,21)11-28-15-8-6-12(10-22-15)23-17(27)14-7-9-16(26)25(24-14)13-4-2-1-3-5-13/h1-10H,11H2,(H,23,27). The molecule has 0 atom stereocenters. The van der Waals surface area contributed by atoms with Gasteiger partial charge >= 0.3 is 6.18 Å². The van der Waals surface area contributed by atoms with Gasteiger partial charge in [0.1, 0.15) is 5.69 Å². The predicted molar refractivity (Wildman–Crippen MR) is 93.6 cm³/mol. The molecule has 144 valence electrons. The summed E-state index contributed by atoms with van der Waals surface area (Å²) in [5.41, 5.74) is 0.287. The van der Waals surface area contributed by atoms with Gasteiger partial charge in [-0.3, -0.25) is 9.59 Å². The largest absolute Gasteiger partial charge is 0.468 e. The number of benzene rings is 1. The van der Waals surface area contributed by atoms with E-state index < -0.39 is 24.2 Å². The molecular weight excluding hydrogens is 377 g/mol. The third-order valence-corrected chi connectivity index (χ3v) is 3.41. The van der Waals surface area contributed by atoms with Crippen molar-refractivity contribution >= 4 is 11.6 Å². The average Bonchev–Trinajstić information content (AvgIpc) is 2.68. The van der Waals surface area contributed by atoms with Gasteiger partial charge in [-0.25, -0.2) is 4.98 Å². The van der Waals surface area contributed by atoms with Crippen molar-refractivity contribution in [2.75, 3.05) is 11.9 Å². The van der Waals surface area contributed by atoms with E-state index in [-0.39, 0.29) is 17.3 Å². The van der Waals surface area contributed by atoms with Crippen LogP contribution in [0.5, 0.6) is 5.88 Å². The Morgan fingerprint density at radius 2 is 1.82 bits per heavy atom. The normalized spacial score (nSPS) is 11.1. The lowest BCUT2D eigenvalue weighted by molar-refractivity contribution is -0.154. The van der Waals surface area contributed by atoms with Crippen molar-refractivity contribution in [3.63, 3.8) is 0 Å². The molecule has 0 spiro atoms. The topological polar surface area (TPSA) is 86.1 Å². The molecule has 7 nitrogen and oxygen atoms in total. The quantitative estimate of drug-likeness (QED) is 0.724. The zero-order chi connectivity index (χ0) is 20.1. The molecule has 1 aromatic carbocycles. The van der Waals surface area contributed by atoms with Crippen LogP contribution < -0.4 is 15.6 Å². The van der Waals surface area contributed by atoms with E-state index >= 15 is 0 Å². The maximum absolute atomic E-state index is 12.4. The number of ether oxygens (including phenoxy) is 1. The second kappa shape index (κ2) is 7.91. The van der Waals surface area contributed by atoms with Crippen LogP contribution in [0.1, 0.15) is 10.5 Å². The Morgan fingerprint density at radius 3 is 2.46 bits per heavy atom. The number of anilines is 1. The van der Waals surface area contributed by atoms with E-state index in [0.717, 1.165) is 10.9 Å². The molecule has 3 aromatic rings. The molecule has 3 rings (SSSR count). The van der Waals surface area contributed by atoms with Gasteiger partial charge < -0.3 is 10.1 Å². The van der Waals surface area contributed by atoms with Crippen LogP contribution in [-0.4, -0.2) is 33.5 Å². The van der Waals surface area contributed by atoms with Crippen molar-refractivity contribution in [2.24, 2.45) is 0 Å². The van der Waals surface area contributed by atoms with Crippen molar-refractivity contribution < 1.29 is 22.7 Å². The summed E-state index contributed by atoms with van der Waals surface area (Å²) in [6.07, 6.45) is -3.32. The Morgan fingerprint density at radius 1 is 1.07 bits per heavy atom. The average molecular weight is 390 g/mol. The van der Waals surface area contributed by atoms with Gasteiger partial charge in [-0.05, 0) is 24.3 Å². The van der Waals surface area contributed by atoms with Gasteiger partial charge in [0.05, 0.1) is 17.6 Å². The van der Waals surface area contributed by atoms with E-state index in [1.54, 1.807) is 30.3 Å². The third kappa shape index (κ3) is 4.93. The molecule has 0 fully saturated rings. The van der Waals surface area contributed by atoms with E-state index in [0.29, 0.717) is 5.69 Å². The second-order valence-corrected chi connectivity index (χ2v) is 5.55. The van der Waals surface area contributed by atoms with Gasteiger partial charge in [0, 0.05) is 12.1 Å². The number of nitrogens with one attached hydrogen (secondary N) is 1. The molecule has 0 aliphatic heterocycles. The molecule has 0 bridgehead atoms. The minimum atomic E-state index is -4.47. The predicted octanol–water partition coefficient (Wildman–Crippen LogP) is 2.82. The Bertz CT molecular complexity index is 1020. The molecule has 1 amide bonds. The molecule has 0 saturated heterocycles. The monoisotopic (exact) mass is 390 g/mol. The molecule has 0 saturated carbocycles. The molecule has 0 unspecified atom stereocenters. The highest BCUT2D eigenvalue weighted by molar-refractivity contribution is 6.02. The SMILES string of the molecule is O=C(Nc1ccc(OCC(F)(F)F)nc1)c1ccc(=O)n(-c2ccccc2)n1. The number of aromatic nitrogens is 3. The molecule has 0 aliphatic rings. The van der Waals surface area contributed by atoms with Crippen LogP contribution in [0.2, 0.25) is 0 Å². The fraction of sp³-hybridized carbons (Fsp3) is 0.111. The van der Waals surface area contributed by atoms with Crippen molar-refractivity contribution in [3.8, 4) is 11.6 Å². The fourth-order valence-electron chi connectivity index (χ4n) is 2.18. The minimum Gasteiger partial charge on any atom is -0.468 e. The zero-order valence-corrected chi connectivity index (χ0v) is 14.2. The molecule has 0 aliphatic carbocycles. The number of alkyl halides is 3. The van der Waals surface area contributed by atoms with Gasteiger partial charge in [0.15, 0.2) is 6.61 Å². The highest BCUT2D eigenvalue weighted by Gasteiger charge is 2.28. The lowest BCUT2D eigenvalue weighted by Crippen LogP contribution is -2.24. The first-order valence-corrected chi connectivity index (χ1v) is 7.94. The van der Waals surface area contributed by atoms with Gasteiger partial charge in [0.2, 0.25) is 5.88 Å². The van der Waals surface area contributed by atoms with Crippen LogP contribution in [0, 0.1) is 0 Å². The summed E-state index contributed by atoms with van der Waals surface area (Å²) in [5.74, 6) is -0.846. The number of rotatable bonds is 5. The van der Waals surface area contributed by atoms with Gasteiger partial charge in [0.25, 0.3) is 11.5 Å². The van der Waals surface area contributed by atoms with Crippen LogP contribution in [-0.2, 0) is 0 Å². The Hall–Kier alpha value is -3.69. The van der Waals surface area contributed by atoms with Crippen molar-refractivity contribution in [1.29, 1.82) is 0 Å². The number of nitrogens with zero attached hydrogens (tertiary/aromatic N) is 3. The number of carbonyl (C=O) groups excluding carboxylic acids is 1. The molecule has 2 heterocycles. The number of hydrogen-bond acceptors (Lipinski definition) is 5. The smallest absolute Gasteiger partial charge is 0.422 e. The summed E-state index contributed by atoms with van der Waals surface area (Å²) in [5, 5.41) is 6.53. The molecule has 10 heteroatoms. The molecule has 0 radical (unpaired) electrons. The van der Waals surface area contributed by atoms with Gasteiger partial charge in [-0.1, -0.05) is 18.2 Å². The summed E-state index contributed by atoms with van der Waals surface area (Å²) in [6, 6.07) is 13.6. The van der Waals surface area contributed by atoms with Crippen LogP contribution in [0.15, 0.2) is 65.6 Å². The number of amides is 1. The number of halogens is 3. The van der Waals surface area contributed by atoms with Crippen molar-refractivity contribution in [2.45, 2.75) is 6.18 Å². The zero-order valence-electron chi connectivity index (χ0n) is 14.2. The van der Waals surface area contributed by atoms with Gasteiger partial charge in [-0.15, -0.1) is 0 Å². The van der Waals surface area contributed by atoms with E-state index in [2.05, 4.69) is 20.1 Å². The van der Waals surface area contributed by atoms with Crippen LogP contribution in [0.4, 0.5) is 18.9 Å². The first-order chi connectivity index (χ1) is 13.3. The second-order valence-electron chi connectivity index (χ2n) is 5.55. The third-order valence-electron chi connectivity index (χ3n) is 3.41. The van der Waals surface area contributed by atoms with Crippen LogP contribution in [0.3, 0.4) is 0 Å². The Labute approximate surface area is 156 Å². The molecule has 2 aromatic heterocycles. The number of hydrogen-bond donors (Lipinski definition) is 1. The molecule has 28 heavy (non-hydrogen) atoms. The number of para-hydroxylation sites is 1. The summed E-state index contributed by atoms with van der Waals surface area (Å²) in [4.78, 5) is 28.0. The van der Waals surface area contributed by atoms with E-state index in [4.69, 9.17) is 0 Å². The Kier molecular flexibility index (Phi) is 5.39. The first-order valence-electron chi connectivity index (χ1n) is 7.94. The van der Waals surface area contributed by atoms with Crippen molar-refractivity contribution in [1.82, 2.24) is 14.8 Å². The minimum absolute atomic E-state index is 0.0270. The molecule has 1 N–H and O–H groups in total. The highest BCUT2D eigenvalue weighted by Crippen LogP contribution is 2.18. The summed E-state index contributed by atoms with van der Waals surface area (Å²) < 4.78 is 41.9. The maximum atomic E-state index is 12.4. The van der Waals surface area contributed by atoms with E-state index in [1.165, 1.54) is 24.3 Å². The summed E-state index contributed by atoms with van der Waals surface area (Å²) >= 11 is 0. The highest BCUT2D eigenvalue weighted by atomic mass is 19.4. The van der Waals surface area contributed by atoms with Crippen LogP contribution in [0.25, 0.3) is 5.69 Å². The molecular formula is C18H13F3N4O3. The fourth-order valence-corrected chi connectivity index (χ4v) is 2.18. The summed E-state index contributed by atoms with van der Waals surface area (Å²) in [7, 11) is 0. The van der Waals surface area contributed by atoms with E-state index in [1.807, 2.05) is 0 Å². The van der Waals surface area contributed by atoms with E-state index in [9.17, 15) is 22.8 Å². The lowest BCUT2D eigenvalue weighted by atomic mass is 10.3. The number of pyridine rings is 1. The number of carbonyl (C=O) groups is 1. The summed E-state index contributed by atoms with van der Waals surface area (Å²) in [6.45, 7) is -1.46. The maximum Gasteiger partial charge on any atom is 0.422 e. The lowest BCUT2D eigenvalue weighted by Gasteiger charge is -2.09. The van der Waals surface area contributed by atoms with Crippen LogP contribution >= 0.6 is 0 Å². The van der Waals surface area contributed by atoms with Gasteiger partial charge in [-0.2, -0.15) is 23.0 Å². The van der Waals surface area contributed by atoms with Crippen molar-refractivity contribution in [3.05, 3.63) is 76.8 Å². The first kappa shape index (κ1) is 19.1. The Balaban J connectivity index is 1.72.